The fraction of sp³-hybridized carbons (Fsp3) is 0.625. The second kappa shape index (κ2) is 6.65. The zero-order valence-electron chi connectivity index (χ0n) is 12.2. The van der Waals surface area contributed by atoms with Gasteiger partial charge in [0.15, 0.2) is 0 Å². The van der Waals surface area contributed by atoms with E-state index in [9.17, 15) is 0 Å². The van der Waals surface area contributed by atoms with Crippen molar-refractivity contribution < 1.29 is 0 Å². The number of rotatable bonds is 3. The molecule has 1 N–H and O–H groups in total. The van der Waals surface area contributed by atoms with Gasteiger partial charge in [-0.25, -0.2) is 0 Å². The zero-order valence-corrected chi connectivity index (χ0v) is 13.8. The molecule has 1 aromatic carbocycles. The van der Waals surface area contributed by atoms with E-state index in [1.807, 2.05) is 0 Å². The lowest BCUT2D eigenvalue weighted by Crippen LogP contribution is -2.46. The third kappa shape index (κ3) is 3.48. The van der Waals surface area contributed by atoms with Crippen molar-refractivity contribution in [3.8, 4) is 0 Å². The molecule has 0 aromatic heterocycles. The molecule has 0 amide bonds. The average Bonchev–Trinajstić information content (AvgIpc) is 2.72. The Bertz CT molecular complexity index is 452. The molecule has 0 saturated carbocycles. The summed E-state index contributed by atoms with van der Waals surface area (Å²) in [5.41, 5.74) is 2.48. The second-order valence-corrected chi connectivity index (χ2v) is 6.67. The molecule has 2 aliphatic heterocycles. The second-order valence-electron chi connectivity index (χ2n) is 6.26. The minimum atomic E-state index is 0. The molecule has 4 heteroatoms. The molecule has 2 unspecified atom stereocenters. The highest BCUT2D eigenvalue weighted by molar-refractivity contribution is 6.31. The van der Waals surface area contributed by atoms with Gasteiger partial charge in [-0.05, 0) is 56.8 Å². The predicted molar refractivity (Wildman–Crippen MR) is 87.9 cm³/mol. The maximum absolute atomic E-state index is 6.21. The van der Waals surface area contributed by atoms with Crippen molar-refractivity contribution in [2.75, 3.05) is 7.05 Å². The maximum atomic E-state index is 6.21. The van der Waals surface area contributed by atoms with Crippen molar-refractivity contribution in [1.29, 1.82) is 0 Å². The average molecular weight is 315 g/mol. The van der Waals surface area contributed by atoms with Gasteiger partial charge in [-0.1, -0.05) is 23.7 Å². The summed E-state index contributed by atoms with van der Waals surface area (Å²) in [5, 5.41) is 4.59. The van der Waals surface area contributed by atoms with E-state index in [4.69, 9.17) is 11.6 Å². The van der Waals surface area contributed by atoms with Crippen molar-refractivity contribution in [3.05, 3.63) is 34.3 Å². The predicted octanol–water partition coefficient (Wildman–Crippen LogP) is 3.79. The minimum absolute atomic E-state index is 0. The number of hydrogen-bond acceptors (Lipinski definition) is 2. The Balaban J connectivity index is 0.00000147. The number of piperidine rings is 1. The molecule has 112 valence electrons. The highest BCUT2D eigenvalue weighted by Crippen LogP contribution is 2.30. The lowest BCUT2D eigenvalue weighted by Gasteiger charge is -2.35. The lowest BCUT2D eigenvalue weighted by atomic mass is 9.98. The fourth-order valence-electron chi connectivity index (χ4n) is 3.54. The molecule has 0 radical (unpaired) electrons. The van der Waals surface area contributed by atoms with E-state index in [2.05, 4.69) is 42.4 Å². The fourth-order valence-corrected chi connectivity index (χ4v) is 3.74. The van der Waals surface area contributed by atoms with Crippen LogP contribution in [-0.2, 0) is 6.54 Å². The summed E-state index contributed by atoms with van der Waals surface area (Å²) in [6.07, 6.45) is 5.33. The molecule has 2 atom stereocenters. The van der Waals surface area contributed by atoms with Crippen LogP contribution >= 0.6 is 24.0 Å². The SMILES string of the molecule is Cc1ccc(CN(C)C2CC3CCC(C2)N3)cc1Cl.Cl. The maximum Gasteiger partial charge on any atom is 0.0438 e. The van der Waals surface area contributed by atoms with E-state index in [1.165, 1.54) is 31.2 Å². The minimum Gasteiger partial charge on any atom is -0.311 e. The normalized spacial score (nSPS) is 28.5. The standard InChI is InChI=1S/C16H23ClN2.ClH/c1-11-3-4-12(7-16(11)17)10-19(2)15-8-13-5-6-14(9-15)18-13;/h3-4,7,13-15,18H,5-6,8-10H2,1-2H3;1H. The van der Waals surface area contributed by atoms with Crippen LogP contribution in [0, 0.1) is 6.92 Å². The number of benzene rings is 1. The van der Waals surface area contributed by atoms with Gasteiger partial charge in [0.1, 0.15) is 0 Å². The van der Waals surface area contributed by atoms with Gasteiger partial charge in [-0.15, -0.1) is 12.4 Å². The Hall–Kier alpha value is -0.280. The third-order valence-corrected chi connectivity index (χ3v) is 5.15. The molecule has 0 aliphatic carbocycles. The summed E-state index contributed by atoms with van der Waals surface area (Å²) in [4.78, 5) is 2.51. The van der Waals surface area contributed by atoms with Gasteiger partial charge >= 0.3 is 0 Å². The Morgan fingerprint density at radius 2 is 1.90 bits per heavy atom. The number of nitrogens with one attached hydrogen (secondary N) is 1. The third-order valence-electron chi connectivity index (χ3n) is 4.74. The van der Waals surface area contributed by atoms with Crippen molar-refractivity contribution in [2.24, 2.45) is 0 Å². The van der Waals surface area contributed by atoms with Gasteiger partial charge < -0.3 is 5.32 Å². The zero-order chi connectivity index (χ0) is 13.4. The van der Waals surface area contributed by atoms with Gasteiger partial charge in [0, 0.05) is 29.7 Å². The summed E-state index contributed by atoms with van der Waals surface area (Å²) in [7, 11) is 2.25. The van der Waals surface area contributed by atoms with Gasteiger partial charge in [0.25, 0.3) is 0 Å². The molecular weight excluding hydrogens is 291 g/mol. The lowest BCUT2D eigenvalue weighted by molar-refractivity contribution is 0.166. The van der Waals surface area contributed by atoms with Crippen LogP contribution in [0.3, 0.4) is 0 Å². The number of halogens is 2. The molecule has 2 heterocycles. The highest BCUT2D eigenvalue weighted by atomic mass is 35.5. The van der Waals surface area contributed by atoms with Crippen molar-refractivity contribution >= 4 is 24.0 Å². The van der Waals surface area contributed by atoms with E-state index in [0.717, 1.165) is 35.3 Å². The van der Waals surface area contributed by atoms with E-state index in [0.29, 0.717) is 0 Å². The quantitative estimate of drug-likeness (QED) is 0.913. The first-order chi connectivity index (χ1) is 9.11. The van der Waals surface area contributed by atoms with E-state index >= 15 is 0 Å². The van der Waals surface area contributed by atoms with Crippen LogP contribution < -0.4 is 5.32 Å². The van der Waals surface area contributed by atoms with Crippen LogP contribution in [0.5, 0.6) is 0 Å². The van der Waals surface area contributed by atoms with Crippen LogP contribution in [0.25, 0.3) is 0 Å². The molecule has 0 spiro atoms. The van der Waals surface area contributed by atoms with Gasteiger partial charge in [-0.3, -0.25) is 4.90 Å². The monoisotopic (exact) mass is 314 g/mol. The number of fused-ring (bicyclic) bond motifs is 2. The number of nitrogens with zero attached hydrogens (tertiary/aromatic N) is 1. The van der Waals surface area contributed by atoms with E-state index in [1.54, 1.807) is 0 Å². The molecule has 3 rings (SSSR count). The van der Waals surface area contributed by atoms with Gasteiger partial charge in [0.2, 0.25) is 0 Å². The summed E-state index contributed by atoms with van der Waals surface area (Å²) in [6, 6.07) is 8.67. The Morgan fingerprint density at radius 1 is 1.25 bits per heavy atom. The Labute approximate surface area is 133 Å². The number of hydrogen-bond donors (Lipinski definition) is 1. The highest BCUT2D eigenvalue weighted by Gasteiger charge is 2.34. The Morgan fingerprint density at radius 3 is 2.50 bits per heavy atom. The summed E-state index contributed by atoms with van der Waals surface area (Å²) in [5.74, 6) is 0. The molecule has 1 aromatic rings. The molecule has 2 aliphatic rings. The Kier molecular flexibility index (Phi) is 5.36. The number of aryl methyl sites for hydroxylation is 1. The first kappa shape index (κ1) is 16.1. The molecule has 20 heavy (non-hydrogen) atoms. The topological polar surface area (TPSA) is 15.3 Å². The first-order valence-corrected chi connectivity index (χ1v) is 7.71. The van der Waals surface area contributed by atoms with Crippen molar-refractivity contribution in [3.63, 3.8) is 0 Å². The first-order valence-electron chi connectivity index (χ1n) is 7.33. The molecule has 2 fully saturated rings. The largest absolute Gasteiger partial charge is 0.311 e. The molecule has 2 bridgehead atoms. The van der Waals surface area contributed by atoms with E-state index in [-0.39, 0.29) is 12.4 Å². The van der Waals surface area contributed by atoms with Crippen LogP contribution in [0.1, 0.15) is 36.8 Å². The van der Waals surface area contributed by atoms with Crippen molar-refractivity contribution in [2.45, 2.75) is 57.3 Å². The molecule has 2 nitrogen and oxygen atoms in total. The van der Waals surface area contributed by atoms with Crippen LogP contribution in [0.4, 0.5) is 0 Å². The summed E-state index contributed by atoms with van der Waals surface area (Å²) >= 11 is 6.21. The summed E-state index contributed by atoms with van der Waals surface area (Å²) < 4.78 is 0. The summed E-state index contributed by atoms with van der Waals surface area (Å²) in [6.45, 7) is 3.06. The smallest absolute Gasteiger partial charge is 0.0438 e. The van der Waals surface area contributed by atoms with Gasteiger partial charge in [0.05, 0.1) is 0 Å². The van der Waals surface area contributed by atoms with Crippen molar-refractivity contribution in [1.82, 2.24) is 10.2 Å². The van der Waals surface area contributed by atoms with Crippen LogP contribution in [0.15, 0.2) is 18.2 Å². The van der Waals surface area contributed by atoms with E-state index < -0.39 is 0 Å². The van der Waals surface area contributed by atoms with Crippen LogP contribution in [-0.4, -0.2) is 30.1 Å². The van der Waals surface area contributed by atoms with Gasteiger partial charge in [-0.2, -0.15) is 0 Å². The van der Waals surface area contributed by atoms with Crippen LogP contribution in [0.2, 0.25) is 5.02 Å². The molecular formula is C16H24Cl2N2. The molecule has 2 saturated heterocycles.